The van der Waals surface area contributed by atoms with E-state index < -0.39 is 9.28 Å². The van der Waals surface area contributed by atoms with Gasteiger partial charge < -0.3 is 8.85 Å². The largest absolute Gasteiger partial charge is 0.511 e. The molecule has 3 aromatic carbocycles. The molecule has 0 fully saturated rings. The van der Waals surface area contributed by atoms with Crippen LogP contribution in [0.25, 0.3) is 11.5 Å². The van der Waals surface area contributed by atoms with Gasteiger partial charge in [0, 0.05) is 16.3 Å². The number of rotatable bonds is 7. The molecule has 26 heavy (non-hydrogen) atoms. The first-order chi connectivity index (χ1) is 12.6. The maximum absolute atomic E-state index is 6.26. The third-order valence-electron chi connectivity index (χ3n) is 4.13. The quantitative estimate of drug-likeness (QED) is 0.446. The Labute approximate surface area is 156 Å². The summed E-state index contributed by atoms with van der Waals surface area (Å²) in [6.07, 6.45) is 0. The minimum absolute atomic E-state index is 0.617. The number of hydrogen-bond donors (Lipinski definition) is 0. The van der Waals surface area contributed by atoms with E-state index in [9.17, 15) is 0 Å². The van der Waals surface area contributed by atoms with Crippen molar-refractivity contribution in [3.8, 4) is 0 Å². The Hall–Kier alpha value is -3.04. The second-order valence-corrected chi connectivity index (χ2v) is 7.76. The predicted octanol–water partition coefficient (Wildman–Crippen LogP) is 4.80. The maximum atomic E-state index is 6.26. The van der Waals surface area contributed by atoms with Gasteiger partial charge in [-0.3, -0.25) is 0 Å². The third-order valence-corrected chi connectivity index (χ3v) is 6.29. The summed E-state index contributed by atoms with van der Waals surface area (Å²) in [6.45, 7) is 10.3. The van der Waals surface area contributed by atoms with Gasteiger partial charge in [-0.1, -0.05) is 98.1 Å². The normalized spacial score (nSPS) is 10.4. The summed E-state index contributed by atoms with van der Waals surface area (Å²) in [7, 11) is -2.29. The molecule has 0 aromatic heterocycles. The lowest BCUT2D eigenvalue weighted by atomic mass is 10.2. The zero-order valence-corrected chi connectivity index (χ0v) is 16.0. The molecule has 3 heteroatoms. The van der Waals surface area contributed by atoms with Crippen molar-refractivity contribution in [2.24, 2.45) is 0 Å². The van der Waals surface area contributed by atoms with Gasteiger partial charge in [-0.05, 0) is 12.5 Å². The Morgan fingerprint density at radius 2 is 1.08 bits per heavy atom. The zero-order chi connectivity index (χ0) is 18.4. The highest BCUT2D eigenvalue weighted by atomic mass is 28.3. The van der Waals surface area contributed by atoms with Crippen LogP contribution in [-0.4, -0.2) is 9.28 Å². The van der Waals surface area contributed by atoms with Gasteiger partial charge in [0.2, 0.25) is 0 Å². The van der Waals surface area contributed by atoms with Crippen LogP contribution >= 0.6 is 0 Å². The maximum Gasteiger partial charge on any atom is 0.479 e. The van der Waals surface area contributed by atoms with Gasteiger partial charge in [-0.15, -0.1) is 0 Å². The average molecular weight is 359 g/mol. The molecule has 0 saturated heterocycles. The van der Waals surface area contributed by atoms with Crippen LogP contribution in [-0.2, 0) is 8.85 Å². The highest BCUT2D eigenvalue weighted by Crippen LogP contribution is 2.20. The Morgan fingerprint density at radius 1 is 0.654 bits per heavy atom. The van der Waals surface area contributed by atoms with Gasteiger partial charge in [0.15, 0.2) is 0 Å². The van der Waals surface area contributed by atoms with Crippen LogP contribution < -0.4 is 5.19 Å². The first kappa shape index (κ1) is 17.8. The SMILES string of the molecule is C=C(O[SiH](OC(=C)c1ccccc1)c1ccccc1C)c1ccccc1. The molecule has 0 spiro atoms. The van der Waals surface area contributed by atoms with Crippen LogP contribution in [0, 0.1) is 6.92 Å². The molecular formula is C23H22O2Si. The van der Waals surface area contributed by atoms with E-state index in [-0.39, 0.29) is 0 Å². The number of hydrogen-bond acceptors (Lipinski definition) is 2. The van der Waals surface area contributed by atoms with Crippen molar-refractivity contribution >= 4 is 26.0 Å². The molecule has 0 aliphatic carbocycles. The molecule has 0 bridgehead atoms. The van der Waals surface area contributed by atoms with Crippen LogP contribution in [0.1, 0.15) is 16.7 Å². The summed E-state index contributed by atoms with van der Waals surface area (Å²) in [5.74, 6) is 1.23. The van der Waals surface area contributed by atoms with Crippen LogP contribution in [0.2, 0.25) is 0 Å². The first-order valence-corrected chi connectivity index (χ1v) is 10.0. The second-order valence-electron chi connectivity index (χ2n) is 6.00. The Morgan fingerprint density at radius 3 is 1.54 bits per heavy atom. The van der Waals surface area contributed by atoms with Gasteiger partial charge in [-0.25, -0.2) is 0 Å². The van der Waals surface area contributed by atoms with Crippen molar-refractivity contribution in [1.82, 2.24) is 0 Å². The zero-order valence-electron chi connectivity index (χ0n) is 14.9. The van der Waals surface area contributed by atoms with Crippen LogP contribution in [0.15, 0.2) is 98.1 Å². The molecule has 2 nitrogen and oxygen atoms in total. The molecule has 3 rings (SSSR count). The molecule has 0 aliphatic heterocycles. The predicted molar refractivity (Wildman–Crippen MR) is 111 cm³/mol. The van der Waals surface area contributed by atoms with Crippen molar-refractivity contribution in [1.29, 1.82) is 0 Å². The van der Waals surface area contributed by atoms with E-state index in [1.807, 2.05) is 72.8 Å². The second kappa shape index (κ2) is 8.36. The summed E-state index contributed by atoms with van der Waals surface area (Å²) >= 11 is 0. The molecule has 0 N–H and O–H groups in total. The lowest BCUT2D eigenvalue weighted by Crippen LogP contribution is -2.37. The standard InChI is InChI=1S/C23H22O2Si/c1-18-12-10-11-17-23(18)26(24-19(2)21-13-6-4-7-14-21)25-20(3)22-15-8-5-9-16-22/h4-17,26H,2-3H2,1H3. The van der Waals surface area contributed by atoms with E-state index in [1.165, 1.54) is 0 Å². The molecule has 0 atom stereocenters. The highest BCUT2D eigenvalue weighted by molar-refractivity contribution is 6.63. The van der Waals surface area contributed by atoms with Gasteiger partial charge in [0.25, 0.3) is 0 Å². The van der Waals surface area contributed by atoms with Gasteiger partial charge in [0.05, 0.1) is 0 Å². The fourth-order valence-corrected chi connectivity index (χ4v) is 4.47. The molecule has 0 aliphatic rings. The number of aryl methyl sites for hydroxylation is 1. The van der Waals surface area contributed by atoms with Crippen molar-refractivity contribution in [2.75, 3.05) is 0 Å². The molecule has 3 aromatic rings. The van der Waals surface area contributed by atoms with E-state index in [4.69, 9.17) is 8.85 Å². The topological polar surface area (TPSA) is 18.5 Å². The summed E-state index contributed by atoms with van der Waals surface area (Å²) in [5, 5.41) is 1.08. The van der Waals surface area contributed by atoms with Gasteiger partial charge in [-0.2, -0.15) is 0 Å². The number of benzene rings is 3. The fraction of sp³-hybridized carbons (Fsp3) is 0.0435. The highest BCUT2D eigenvalue weighted by Gasteiger charge is 2.24. The Balaban J connectivity index is 1.86. The van der Waals surface area contributed by atoms with E-state index in [2.05, 4.69) is 32.2 Å². The molecular weight excluding hydrogens is 336 g/mol. The van der Waals surface area contributed by atoms with Gasteiger partial charge >= 0.3 is 9.28 Å². The van der Waals surface area contributed by atoms with E-state index in [0.29, 0.717) is 11.5 Å². The lowest BCUT2D eigenvalue weighted by molar-refractivity contribution is 0.393. The monoisotopic (exact) mass is 358 g/mol. The van der Waals surface area contributed by atoms with Crippen molar-refractivity contribution < 1.29 is 8.85 Å². The smallest absolute Gasteiger partial charge is 0.479 e. The van der Waals surface area contributed by atoms with E-state index in [1.54, 1.807) is 0 Å². The first-order valence-electron chi connectivity index (χ1n) is 8.52. The van der Waals surface area contributed by atoms with Crippen molar-refractivity contribution in [3.63, 3.8) is 0 Å². The minimum Gasteiger partial charge on any atom is -0.511 e. The summed E-state index contributed by atoms with van der Waals surface area (Å²) in [5.41, 5.74) is 3.05. The Bertz CT molecular complexity index is 835. The molecule has 0 saturated carbocycles. The lowest BCUT2D eigenvalue weighted by Gasteiger charge is -2.23. The fourth-order valence-electron chi connectivity index (χ4n) is 2.64. The van der Waals surface area contributed by atoms with E-state index >= 15 is 0 Å². The summed E-state index contributed by atoms with van der Waals surface area (Å²) in [4.78, 5) is 0. The Kier molecular flexibility index (Phi) is 5.72. The molecule has 0 amide bonds. The van der Waals surface area contributed by atoms with Crippen LogP contribution in [0.5, 0.6) is 0 Å². The third kappa shape index (κ3) is 4.32. The summed E-state index contributed by atoms with van der Waals surface area (Å²) in [6, 6.07) is 27.9. The molecule has 0 unspecified atom stereocenters. The molecule has 0 radical (unpaired) electrons. The molecule has 130 valence electrons. The van der Waals surface area contributed by atoms with E-state index in [0.717, 1.165) is 21.9 Å². The molecule has 0 heterocycles. The minimum atomic E-state index is -2.29. The van der Waals surface area contributed by atoms with Crippen molar-refractivity contribution in [2.45, 2.75) is 6.92 Å². The van der Waals surface area contributed by atoms with Crippen molar-refractivity contribution in [3.05, 3.63) is 115 Å². The van der Waals surface area contributed by atoms with Gasteiger partial charge in [0.1, 0.15) is 11.5 Å². The summed E-state index contributed by atoms with van der Waals surface area (Å²) < 4.78 is 12.5. The average Bonchev–Trinajstić information content (AvgIpc) is 2.69. The van der Waals surface area contributed by atoms with Crippen LogP contribution in [0.4, 0.5) is 0 Å². The van der Waals surface area contributed by atoms with Crippen LogP contribution in [0.3, 0.4) is 0 Å².